The molecule has 1 aliphatic rings. The molecule has 3 aromatic carbocycles. The van der Waals surface area contributed by atoms with Crippen LogP contribution in [0.4, 0.5) is 47.8 Å². The molecule has 4 rings (SSSR count). The molecule has 17 heteroatoms. The van der Waals surface area contributed by atoms with Crippen LogP contribution in [-0.2, 0) is 4.79 Å². The van der Waals surface area contributed by atoms with Gasteiger partial charge in [-0.1, -0.05) is 23.2 Å². The smallest absolute Gasteiger partial charge is 0.366 e. The van der Waals surface area contributed by atoms with E-state index in [1.807, 2.05) is 0 Å². The fraction of sp³-hybridized carbons (Fsp3) is 0.200. The van der Waals surface area contributed by atoms with E-state index in [0.29, 0.717) is 29.8 Å². The SMILES string of the molecule is O=C(Nc1ccc(F)c(NC(O)C(F)(F)F)c1F)c1cc(NC(=O)[C@H]2[C@H](c3cc(Cl)cc(Cl)c3)C2(Cl)Cl)cc(F)c1F. The van der Waals surface area contributed by atoms with Gasteiger partial charge in [0.05, 0.1) is 17.2 Å². The third-order valence-corrected chi connectivity index (χ3v) is 7.43. The van der Waals surface area contributed by atoms with Crippen LogP contribution in [-0.4, -0.2) is 33.7 Å². The molecule has 6 nitrogen and oxygen atoms in total. The molecule has 0 spiro atoms. The van der Waals surface area contributed by atoms with Crippen LogP contribution in [0.1, 0.15) is 21.8 Å². The van der Waals surface area contributed by atoms with Gasteiger partial charge in [-0.05, 0) is 42.0 Å². The summed E-state index contributed by atoms with van der Waals surface area (Å²) in [6.45, 7) is 0. The Morgan fingerprint density at radius 2 is 1.50 bits per heavy atom. The highest BCUT2D eigenvalue weighted by molar-refractivity contribution is 6.53. The van der Waals surface area contributed by atoms with E-state index in [1.165, 1.54) is 23.5 Å². The fourth-order valence-electron chi connectivity index (χ4n) is 4.06. The van der Waals surface area contributed by atoms with E-state index < -0.39 is 86.3 Å². The van der Waals surface area contributed by atoms with Gasteiger partial charge in [0.15, 0.2) is 17.5 Å². The van der Waals surface area contributed by atoms with Gasteiger partial charge < -0.3 is 21.1 Å². The molecule has 1 unspecified atom stereocenters. The summed E-state index contributed by atoms with van der Waals surface area (Å²) in [5, 5.41) is 14.8. The molecule has 3 aromatic rings. The first-order valence-corrected chi connectivity index (χ1v) is 12.9. The van der Waals surface area contributed by atoms with E-state index in [1.54, 1.807) is 5.32 Å². The molecular formula is C25H14Cl4F7N3O3. The van der Waals surface area contributed by atoms with Crippen molar-refractivity contribution >= 4 is 75.3 Å². The van der Waals surface area contributed by atoms with Crippen LogP contribution in [0.25, 0.3) is 0 Å². The van der Waals surface area contributed by atoms with Gasteiger partial charge in [0.25, 0.3) is 5.91 Å². The van der Waals surface area contributed by atoms with Crippen LogP contribution in [0.5, 0.6) is 0 Å². The lowest BCUT2D eigenvalue weighted by Crippen LogP contribution is -2.36. The van der Waals surface area contributed by atoms with Crippen LogP contribution < -0.4 is 16.0 Å². The van der Waals surface area contributed by atoms with Crippen molar-refractivity contribution < 1.29 is 45.4 Å². The van der Waals surface area contributed by atoms with Gasteiger partial charge in [-0.2, -0.15) is 13.2 Å². The zero-order valence-corrected chi connectivity index (χ0v) is 23.2. The number of alkyl halides is 5. The van der Waals surface area contributed by atoms with E-state index >= 15 is 0 Å². The van der Waals surface area contributed by atoms with Crippen molar-refractivity contribution in [2.45, 2.75) is 22.7 Å². The maximum Gasteiger partial charge on any atom is 0.433 e. The number of halogens is 11. The molecule has 0 heterocycles. The summed E-state index contributed by atoms with van der Waals surface area (Å²) in [6.07, 6.45) is -8.68. The lowest BCUT2D eigenvalue weighted by atomic mass is 10.1. The first kappa shape index (κ1) is 32.0. The van der Waals surface area contributed by atoms with Crippen molar-refractivity contribution in [2.24, 2.45) is 5.92 Å². The molecule has 0 aliphatic heterocycles. The van der Waals surface area contributed by atoms with Crippen LogP contribution >= 0.6 is 46.4 Å². The molecule has 0 radical (unpaired) electrons. The van der Waals surface area contributed by atoms with Crippen molar-refractivity contribution in [2.75, 3.05) is 16.0 Å². The lowest BCUT2D eigenvalue weighted by molar-refractivity contribution is -0.194. The van der Waals surface area contributed by atoms with Crippen LogP contribution in [0.2, 0.25) is 10.0 Å². The summed E-state index contributed by atoms with van der Waals surface area (Å²) in [7, 11) is 0. The Morgan fingerprint density at radius 1 is 0.881 bits per heavy atom. The zero-order valence-electron chi connectivity index (χ0n) is 20.2. The Balaban J connectivity index is 1.56. The summed E-state index contributed by atoms with van der Waals surface area (Å²) in [5.74, 6) is -11.0. The number of aliphatic hydroxyl groups excluding tert-OH is 1. The quantitative estimate of drug-likeness (QED) is 0.118. The molecule has 224 valence electrons. The van der Waals surface area contributed by atoms with E-state index in [2.05, 4.69) is 5.32 Å². The van der Waals surface area contributed by atoms with Crippen LogP contribution in [0.3, 0.4) is 0 Å². The van der Waals surface area contributed by atoms with Crippen molar-refractivity contribution in [3.63, 3.8) is 0 Å². The molecule has 0 saturated heterocycles. The van der Waals surface area contributed by atoms with Crippen LogP contribution in [0, 0.1) is 29.2 Å². The number of benzene rings is 3. The van der Waals surface area contributed by atoms with Crippen molar-refractivity contribution in [3.05, 3.63) is 86.9 Å². The average Bonchev–Trinajstić information content (AvgIpc) is 3.46. The number of carbonyl (C=O) groups excluding carboxylic acids is 2. The van der Waals surface area contributed by atoms with Gasteiger partial charge >= 0.3 is 6.18 Å². The molecule has 0 bridgehead atoms. The average molecular weight is 679 g/mol. The Bertz CT molecular complexity index is 1570. The molecule has 4 N–H and O–H groups in total. The third-order valence-electron chi connectivity index (χ3n) is 6.05. The minimum absolute atomic E-state index is 0.237. The molecule has 3 atom stereocenters. The number of rotatable bonds is 7. The van der Waals surface area contributed by atoms with Gasteiger partial charge in [-0.15, -0.1) is 23.2 Å². The monoisotopic (exact) mass is 677 g/mol. The highest BCUT2D eigenvalue weighted by Crippen LogP contribution is 2.65. The van der Waals surface area contributed by atoms with Crippen LogP contribution in [0.15, 0.2) is 42.5 Å². The highest BCUT2D eigenvalue weighted by atomic mass is 35.5. The van der Waals surface area contributed by atoms with Crippen molar-refractivity contribution in [1.82, 2.24) is 0 Å². The molecule has 1 fully saturated rings. The molecule has 42 heavy (non-hydrogen) atoms. The van der Waals surface area contributed by atoms with E-state index in [0.717, 1.165) is 0 Å². The number of aliphatic hydroxyl groups is 1. The summed E-state index contributed by atoms with van der Waals surface area (Å²) >= 11 is 24.5. The summed E-state index contributed by atoms with van der Waals surface area (Å²) in [6, 6.07) is 6.63. The number of amides is 2. The summed E-state index contributed by atoms with van der Waals surface area (Å²) in [4.78, 5) is 25.6. The van der Waals surface area contributed by atoms with Crippen molar-refractivity contribution in [3.8, 4) is 0 Å². The molecule has 2 amide bonds. The fourth-order valence-corrected chi connectivity index (χ4v) is 5.43. The second-order valence-corrected chi connectivity index (χ2v) is 11.3. The van der Waals surface area contributed by atoms with E-state index in [9.17, 15) is 40.3 Å². The Morgan fingerprint density at radius 3 is 2.10 bits per heavy atom. The minimum Gasteiger partial charge on any atom is -0.366 e. The van der Waals surface area contributed by atoms with E-state index in [4.69, 9.17) is 51.5 Å². The number of hydrogen-bond donors (Lipinski definition) is 4. The van der Waals surface area contributed by atoms with Gasteiger partial charge in [0.2, 0.25) is 12.1 Å². The maximum atomic E-state index is 14.7. The summed E-state index contributed by atoms with van der Waals surface area (Å²) < 4.78 is 93.8. The van der Waals surface area contributed by atoms with Gasteiger partial charge in [0.1, 0.15) is 15.8 Å². The standard InChI is InChI=1S/C25H14Cl4F7N3O3/c26-9-3-8(4-10(27)5-9)16-17(24(16,28)29)22(41)37-11-6-12(18(32)14(31)7-11)21(40)38-15-2-1-13(30)20(19(15)33)39-23(42)25(34,35)36/h1-7,16-17,23,39,42H,(H,37,41)(H,38,40)/t16-,17+,23?/m0/s1. The normalized spacial score (nSPS) is 18.3. The molecule has 1 saturated carbocycles. The van der Waals surface area contributed by atoms with Gasteiger partial charge in [-0.25, -0.2) is 17.6 Å². The Labute approximate surface area is 251 Å². The highest BCUT2D eigenvalue weighted by Gasteiger charge is 2.67. The number of anilines is 3. The number of hydrogen-bond acceptors (Lipinski definition) is 4. The molecule has 0 aromatic heterocycles. The first-order chi connectivity index (χ1) is 19.4. The predicted molar refractivity (Wildman–Crippen MR) is 142 cm³/mol. The first-order valence-electron chi connectivity index (χ1n) is 11.4. The maximum absolute atomic E-state index is 14.7. The number of carbonyl (C=O) groups is 2. The van der Waals surface area contributed by atoms with E-state index in [-0.39, 0.29) is 10.0 Å². The Kier molecular flexibility index (Phi) is 8.83. The second kappa shape index (κ2) is 11.6. The zero-order chi connectivity index (χ0) is 31.3. The van der Waals surface area contributed by atoms with Crippen molar-refractivity contribution in [1.29, 1.82) is 0 Å². The predicted octanol–water partition coefficient (Wildman–Crippen LogP) is 7.62. The minimum atomic E-state index is -5.31. The van der Waals surface area contributed by atoms with Gasteiger partial charge in [0, 0.05) is 27.7 Å². The lowest BCUT2D eigenvalue weighted by Gasteiger charge is -2.19. The third kappa shape index (κ3) is 6.50. The molecular weight excluding hydrogens is 665 g/mol. The molecule has 1 aliphatic carbocycles. The topological polar surface area (TPSA) is 90.5 Å². The second-order valence-electron chi connectivity index (χ2n) is 8.97. The van der Waals surface area contributed by atoms with Gasteiger partial charge in [-0.3, -0.25) is 9.59 Å². The number of nitrogens with one attached hydrogen (secondary N) is 3. The Hall–Kier alpha value is -2.97. The summed E-state index contributed by atoms with van der Waals surface area (Å²) in [5.41, 5.74) is -3.52. The largest absolute Gasteiger partial charge is 0.433 e.